The molecule has 0 saturated carbocycles. The number of piperidine rings is 1. The van der Waals surface area contributed by atoms with Gasteiger partial charge in [-0.1, -0.05) is 0 Å². The zero-order valence-electron chi connectivity index (χ0n) is 12.8. The number of amides is 1. The third-order valence-electron chi connectivity index (χ3n) is 3.80. The van der Waals surface area contributed by atoms with E-state index in [1.165, 1.54) is 6.42 Å². The molecule has 0 aliphatic carbocycles. The number of carbonyl (C=O) groups excluding carboxylic acids is 1. The molecule has 0 atom stereocenters. The molecule has 1 saturated heterocycles. The van der Waals surface area contributed by atoms with Crippen molar-refractivity contribution in [2.75, 3.05) is 25.0 Å². The van der Waals surface area contributed by atoms with E-state index in [9.17, 15) is 10.1 Å². The minimum atomic E-state index is 0.197. The number of nitriles is 1. The van der Waals surface area contributed by atoms with Crippen molar-refractivity contribution in [2.45, 2.75) is 39.5 Å². The van der Waals surface area contributed by atoms with E-state index in [-0.39, 0.29) is 5.91 Å². The lowest BCUT2D eigenvalue weighted by molar-refractivity contribution is -0.131. The standard InChI is InChI=1S/C16H22N4O/c1-12-10-15(14(11-17)13(2)19-12)18-7-6-16(21)20-8-4-3-5-9-20/h10H,3-9H2,1-2H3,(H,18,19). The lowest BCUT2D eigenvalue weighted by Crippen LogP contribution is -2.36. The number of anilines is 1. The Hall–Kier alpha value is -2.09. The smallest absolute Gasteiger partial charge is 0.224 e. The second-order valence-electron chi connectivity index (χ2n) is 5.50. The summed E-state index contributed by atoms with van der Waals surface area (Å²) in [7, 11) is 0. The Morgan fingerprint density at radius 1 is 1.38 bits per heavy atom. The molecule has 0 aromatic carbocycles. The van der Waals surface area contributed by atoms with Crippen LogP contribution in [0.15, 0.2) is 6.07 Å². The Morgan fingerprint density at radius 2 is 2.10 bits per heavy atom. The number of hydrogen-bond acceptors (Lipinski definition) is 4. The van der Waals surface area contributed by atoms with Gasteiger partial charge in [0.05, 0.1) is 16.9 Å². The van der Waals surface area contributed by atoms with Gasteiger partial charge in [-0.2, -0.15) is 5.26 Å². The number of aryl methyl sites for hydroxylation is 2. The van der Waals surface area contributed by atoms with Crippen LogP contribution in [0.25, 0.3) is 0 Å². The number of pyridine rings is 1. The summed E-state index contributed by atoms with van der Waals surface area (Å²) in [5.74, 6) is 0.197. The van der Waals surface area contributed by atoms with Crippen molar-refractivity contribution < 1.29 is 4.79 Å². The number of aromatic nitrogens is 1. The largest absolute Gasteiger partial charge is 0.383 e. The maximum atomic E-state index is 12.1. The molecule has 1 aliphatic rings. The van der Waals surface area contributed by atoms with Crippen LogP contribution in [0.2, 0.25) is 0 Å². The van der Waals surface area contributed by atoms with E-state index < -0.39 is 0 Å². The number of rotatable bonds is 4. The normalized spacial score (nSPS) is 14.6. The molecular weight excluding hydrogens is 264 g/mol. The Balaban J connectivity index is 1.91. The van der Waals surface area contributed by atoms with Gasteiger partial charge in [-0.25, -0.2) is 0 Å². The summed E-state index contributed by atoms with van der Waals surface area (Å²) in [4.78, 5) is 18.3. The first kappa shape index (κ1) is 15.3. The quantitative estimate of drug-likeness (QED) is 0.922. The van der Waals surface area contributed by atoms with Crippen LogP contribution in [0.1, 0.15) is 42.6 Å². The topological polar surface area (TPSA) is 69.0 Å². The average molecular weight is 286 g/mol. The molecular formula is C16H22N4O. The average Bonchev–Trinajstić information content (AvgIpc) is 2.47. The van der Waals surface area contributed by atoms with E-state index in [1.54, 1.807) is 0 Å². The van der Waals surface area contributed by atoms with E-state index >= 15 is 0 Å². The predicted molar refractivity (Wildman–Crippen MR) is 82.0 cm³/mol. The fourth-order valence-electron chi connectivity index (χ4n) is 2.71. The Morgan fingerprint density at radius 3 is 2.76 bits per heavy atom. The molecule has 1 aliphatic heterocycles. The number of nitrogens with zero attached hydrogens (tertiary/aromatic N) is 3. The lowest BCUT2D eigenvalue weighted by atomic mass is 10.1. The maximum absolute atomic E-state index is 12.1. The van der Waals surface area contributed by atoms with Gasteiger partial charge in [0.1, 0.15) is 6.07 Å². The third kappa shape index (κ3) is 3.94. The van der Waals surface area contributed by atoms with E-state index in [1.807, 2.05) is 24.8 Å². The van der Waals surface area contributed by atoms with Crippen LogP contribution in [-0.4, -0.2) is 35.4 Å². The second-order valence-corrected chi connectivity index (χ2v) is 5.50. The van der Waals surface area contributed by atoms with Crippen LogP contribution < -0.4 is 5.32 Å². The van der Waals surface area contributed by atoms with Gasteiger partial charge in [0.15, 0.2) is 0 Å². The minimum absolute atomic E-state index is 0.197. The summed E-state index contributed by atoms with van der Waals surface area (Å²) in [6.45, 7) is 6.05. The number of nitrogens with one attached hydrogen (secondary N) is 1. The molecule has 112 valence electrons. The van der Waals surface area contributed by atoms with Crippen molar-refractivity contribution in [1.29, 1.82) is 5.26 Å². The summed E-state index contributed by atoms with van der Waals surface area (Å²) in [5.41, 5.74) is 2.93. The van der Waals surface area contributed by atoms with Gasteiger partial charge in [-0.3, -0.25) is 9.78 Å². The van der Waals surface area contributed by atoms with Crippen molar-refractivity contribution >= 4 is 11.6 Å². The van der Waals surface area contributed by atoms with Gasteiger partial charge in [-0.15, -0.1) is 0 Å². The molecule has 2 heterocycles. The Labute approximate surface area is 126 Å². The van der Waals surface area contributed by atoms with Gasteiger partial charge in [0.2, 0.25) is 5.91 Å². The predicted octanol–water partition coefficient (Wildman–Crippen LogP) is 2.38. The molecule has 1 aromatic heterocycles. The summed E-state index contributed by atoms with van der Waals surface area (Å²) in [6, 6.07) is 4.03. The summed E-state index contributed by atoms with van der Waals surface area (Å²) in [6.07, 6.45) is 3.91. The Bertz CT molecular complexity index is 556. The van der Waals surface area contributed by atoms with Crippen molar-refractivity contribution in [1.82, 2.24) is 9.88 Å². The van der Waals surface area contributed by atoms with Crippen LogP contribution >= 0.6 is 0 Å². The van der Waals surface area contributed by atoms with E-state index in [4.69, 9.17) is 0 Å². The molecule has 0 spiro atoms. The Kier molecular flexibility index (Phi) is 5.15. The summed E-state index contributed by atoms with van der Waals surface area (Å²) in [5, 5.41) is 12.4. The molecule has 5 nitrogen and oxygen atoms in total. The summed E-state index contributed by atoms with van der Waals surface area (Å²) >= 11 is 0. The van der Waals surface area contributed by atoms with E-state index in [0.717, 1.165) is 43.0 Å². The SMILES string of the molecule is Cc1cc(NCCC(=O)N2CCCCC2)c(C#N)c(C)n1. The molecule has 5 heteroatoms. The van der Waals surface area contributed by atoms with Crippen LogP contribution in [0, 0.1) is 25.2 Å². The molecule has 1 N–H and O–H groups in total. The van der Waals surface area contributed by atoms with Gasteiger partial charge in [-0.05, 0) is 39.2 Å². The molecule has 2 rings (SSSR count). The first-order valence-electron chi connectivity index (χ1n) is 7.52. The van der Waals surface area contributed by atoms with Crippen molar-refractivity contribution in [3.8, 4) is 6.07 Å². The lowest BCUT2D eigenvalue weighted by Gasteiger charge is -2.26. The number of hydrogen-bond donors (Lipinski definition) is 1. The van der Waals surface area contributed by atoms with Crippen LogP contribution in [0.5, 0.6) is 0 Å². The van der Waals surface area contributed by atoms with Crippen LogP contribution in [-0.2, 0) is 4.79 Å². The highest BCUT2D eigenvalue weighted by Gasteiger charge is 2.16. The zero-order valence-corrected chi connectivity index (χ0v) is 12.8. The first-order valence-corrected chi connectivity index (χ1v) is 7.52. The molecule has 0 radical (unpaired) electrons. The number of carbonyl (C=O) groups is 1. The molecule has 0 bridgehead atoms. The van der Waals surface area contributed by atoms with Crippen LogP contribution in [0.3, 0.4) is 0 Å². The molecule has 21 heavy (non-hydrogen) atoms. The van der Waals surface area contributed by atoms with Gasteiger partial charge in [0, 0.05) is 31.7 Å². The molecule has 1 aromatic rings. The number of likely N-dealkylation sites (tertiary alicyclic amines) is 1. The highest BCUT2D eigenvalue weighted by Crippen LogP contribution is 2.18. The van der Waals surface area contributed by atoms with E-state index in [0.29, 0.717) is 18.5 Å². The van der Waals surface area contributed by atoms with Crippen LogP contribution in [0.4, 0.5) is 5.69 Å². The fourth-order valence-corrected chi connectivity index (χ4v) is 2.71. The second kappa shape index (κ2) is 7.07. The monoisotopic (exact) mass is 286 g/mol. The van der Waals surface area contributed by atoms with Gasteiger partial charge < -0.3 is 10.2 Å². The molecule has 1 amide bonds. The van der Waals surface area contributed by atoms with Crippen molar-refractivity contribution in [2.24, 2.45) is 0 Å². The molecule has 0 unspecified atom stereocenters. The zero-order chi connectivity index (χ0) is 15.2. The molecule has 1 fully saturated rings. The fraction of sp³-hybridized carbons (Fsp3) is 0.562. The highest BCUT2D eigenvalue weighted by atomic mass is 16.2. The van der Waals surface area contributed by atoms with Gasteiger partial charge >= 0.3 is 0 Å². The first-order chi connectivity index (χ1) is 10.1. The summed E-state index contributed by atoms with van der Waals surface area (Å²) < 4.78 is 0. The van der Waals surface area contributed by atoms with Gasteiger partial charge in [0.25, 0.3) is 0 Å². The third-order valence-corrected chi connectivity index (χ3v) is 3.80. The van der Waals surface area contributed by atoms with Crippen molar-refractivity contribution in [3.05, 3.63) is 23.0 Å². The highest BCUT2D eigenvalue weighted by molar-refractivity contribution is 5.77. The minimum Gasteiger partial charge on any atom is -0.383 e. The maximum Gasteiger partial charge on any atom is 0.224 e. The van der Waals surface area contributed by atoms with Crippen molar-refractivity contribution in [3.63, 3.8) is 0 Å². The van der Waals surface area contributed by atoms with E-state index in [2.05, 4.69) is 16.4 Å².